The van der Waals surface area contributed by atoms with E-state index in [-0.39, 0.29) is 17.8 Å². The number of imide groups is 1. The van der Waals surface area contributed by atoms with Crippen molar-refractivity contribution in [1.29, 1.82) is 5.26 Å². The van der Waals surface area contributed by atoms with Crippen LogP contribution in [0.15, 0.2) is 36.0 Å². The van der Waals surface area contributed by atoms with Crippen LogP contribution in [0, 0.1) is 31.0 Å². The van der Waals surface area contributed by atoms with Crippen LogP contribution in [-0.4, -0.2) is 21.4 Å². The molecule has 1 saturated heterocycles. The number of rotatable bonds is 4. The fraction of sp³-hybridized carbons (Fsp3) is 0.269. The highest BCUT2D eigenvalue weighted by molar-refractivity contribution is 7.15. The maximum absolute atomic E-state index is 14.0. The molecular formula is C26H23FN4O2S. The third-order valence-corrected chi connectivity index (χ3v) is 7.76. The van der Waals surface area contributed by atoms with Crippen LogP contribution < -0.4 is 5.32 Å². The molecule has 0 saturated carbocycles. The van der Waals surface area contributed by atoms with Gasteiger partial charge in [0.1, 0.15) is 22.6 Å². The molecule has 3 amide bonds. The number of hydrogen-bond acceptors (Lipinski definition) is 4. The second-order valence-corrected chi connectivity index (χ2v) is 9.72. The summed E-state index contributed by atoms with van der Waals surface area (Å²) < 4.78 is 16.1. The predicted octanol–water partition coefficient (Wildman–Crippen LogP) is 5.14. The fourth-order valence-electron chi connectivity index (χ4n) is 4.74. The van der Waals surface area contributed by atoms with Crippen LogP contribution in [0.4, 0.5) is 9.18 Å². The van der Waals surface area contributed by atoms with Crippen LogP contribution in [0.25, 0.3) is 11.1 Å². The molecule has 2 aromatic heterocycles. The molecule has 0 bridgehead atoms. The third-order valence-electron chi connectivity index (χ3n) is 6.49. The summed E-state index contributed by atoms with van der Waals surface area (Å²) in [6.07, 6.45) is 5.83. The number of aryl methyl sites for hydroxylation is 2. The molecule has 6 nitrogen and oxygen atoms in total. The Hall–Kier alpha value is -3.70. The number of nitrogens with zero attached hydrogens (tertiary/aromatic N) is 3. The molecular weight excluding hydrogens is 451 g/mol. The number of thiophene rings is 1. The van der Waals surface area contributed by atoms with Gasteiger partial charge in [-0.05, 0) is 68.9 Å². The van der Waals surface area contributed by atoms with Crippen LogP contribution >= 0.6 is 11.3 Å². The first-order valence-electron chi connectivity index (χ1n) is 11.2. The van der Waals surface area contributed by atoms with Gasteiger partial charge in [0.2, 0.25) is 0 Å². The quantitative estimate of drug-likeness (QED) is 0.420. The Balaban J connectivity index is 1.48. The second kappa shape index (κ2) is 8.58. The molecule has 2 aliphatic rings. The number of urea groups is 1. The molecule has 0 unspecified atom stereocenters. The molecule has 0 radical (unpaired) electrons. The molecule has 0 spiro atoms. The summed E-state index contributed by atoms with van der Waals surface area (Å²) in [4.78, 5) is 27.7. The lowest BCUT2D eigenvalue weighted by atomic mass is 9.96. The molecule has 172 valence electrons. The largest absolute Gasteiger partial charge is 0.329 e. The first kappa shape index (κ1) is 22.1. The standard InChI is InChI=1S/C26H23FN4O2S/c1-15-11-18(16(2)31(15)25-20(13-28)19-8-4-6-10-23(19)34-25)12-22-24(32)30(26(33)29-22)14-17-7-3-5-9-21(17)27/h3,5,7,9,11-12H,4,6,8,10,14H2,1-2H3,(H,29,33)/b22-12+. The van der Waals surface area contributed by atoms with Crippen molar-refractivity contribution >= 4 is 29.4 Å². The number of nitrogens with one attached hydrogen (secondary N) is 1. The number of fused-ring (bicyclic) bond motifs is 1. The molecule has 1 aliphatic heterocycles. The number of hydrogen-bond donors (Lipinski definition) is 1. The monoisotopic (exact) mass is 474 g/mol. The van der Waals surface area contributed by atoms with E-state index in [2.05, 4.69) is 16.0 Å². The summed E-state index contributed by atoms with van der Waals surface area (Å²) in [5, 5.41) is 13.4. The lowest BCUT2D eigenvalue weighted by Gasteiger charge is -2.12. The Labute approximate surface area is 200 Å². The highest BCUT2D eigenvalue weighted by Gasteiger charge is 2.34. The zero-order valence-electron chi connectivity index (χ0n) is 18.9. The van der Waals surface area contributed by atoms with Gasteiger partial charge in [0.15, 0.2) is 0 Å². The van der Waals surface area contributed by atoms with Gasteiger partial charge >= 0.3 is 6.03 Å². The average molecular weight is 475 g/mol. The minimum absolute atomic E-state index is 0.139. The normalized spacial score (nSPS) is 16.6. The maximum atomic E-state index is 14.0. The van der Waals surface area contributed by atoms with Crippen molar-refractivity contribution in [2.45, 2.75) is 46.1 Å². The van der Waals surface area contributed by atoms with Crippen molar-refractivity contribution < 1.29 is 14.0 Å². The van der Waals surface area contributed by atoms with Gasteiger partial charge in [-0.1, -0.05) is 18.2 Å². The number of carbonyl (C=O) groups is 2. The van der Waals surface area contributed by atoms with Gasteiger partial charge in [0, 0.05) is 21.8 Å². The van der Waals surface area contributed by atoms with Crippen LogP contribution in [0.2, 0.25) is 0 Å². The first-order valence-corrected chi connectivity index (χ1v) is 12.0. The Morgan fingerprint density at radius 1 is 1.21 bits per heavy atom. The molecule has 5 rings (SSSR count). The van der Waals surface area contributed by atoms with Crippen LogP contribution in [0.5, 0.6) is 0 Å². The van der Waals surface area contributed by atoms with E-state index in [1.54, 1.807) is 35.6 Å². The Bertz CT molecular complexity index is 1410. The zero-order valence-corrected chi connectivity index (χ0v) is 19.8. The highest BCUT2D eigenvalue weighted by Crippen LogP contribution is 2.38. The van der Waals surface area contributed by atoms with E-state index < -0.39 is 17.8 Å². The maximum Gasteiger partial charge on any atom is 0.329 e. The summed E-state index contributed by atoms with van der Waals surface area (Å²) in [5.74, 6) is -0.960. The van der Waals surface area contributed by atoms with Gasteiger partial charge in [-0.3, -0.25) is 9.69 Å². The molecule has 1 N–H and O–H groups in total. The molecule has 1 aliphatic carbocycles. The molecule has 3 aromatic rings. The van der Waals surface area contributed by atoms with Crippen LogP contribution in [0.3, 0.4) is 0 Å². The van der Waals surface area contributed by atoms with E-state index in [1.807, 2.05) is 19.9 Å². The van der Waals surface area contributed by atoms with Crippen molar-refractivity contribution in [2.24, 2.45) is 0 Å². The van der Waals surface area contributed by atoms with Gasteiger partial charge in [0.25, 0.3) is 5.91 Å². The first-order chi connectivity index (χ1) is 16.4. The Morgan fingerprint density at radius 3 is 2.74 bits per heavy atom. The average Bonchev–Trinajstić information content (AvgIpc) is 3.41. The van der Waals surface area contributed by atoms with Gasteiger partial charge in [-0.2, -0.15) is 5.26 Å². The number of benzene rings is 1. The van der Waals surface area contributed by atoms with Gasteiger partial charge in [-0.15, -0.1) is 11.3 Å². The van der Waals surface area contributed by atoms with Gasteiger partial charge in [0.05, 0.1) is 12.1 Å². The van der Waals surface area contributed by atoms with Gasteiger partial charge in [-0.25, -0.2) is 9.18 Å². The molecule has 1 aromatic carbocycles. The van der Waals surface area contributed by atoms with Crippen molar-refractivity contribution in [2.75, 3.05) is 0 Å². The summed E-state index contributed by atoms with van der Waals surface area (Å²) in [5.41, 5.74) is 4.94. The minimum atomic E-state index is -0.578. The lowest BCUT2D eigenvalue weighted by molar-refractivity contribution is -0.123. The molecule has 8 heteroatoms. The second-order valence-electron chi connectivity index (χ2n) is 8.64. The summed E-state index contributed by atoms with van der Waals surface area (Å²) >= 11 is 1.67. The number of amides is 3. The van der Waals surface area contributed by atoms with Gasteiger partial charge < -0.3 is 9.88 Å². The van der Waals surface area contributed by atoms with Crippen molar-refractivity contribution in [3.8, 4) is 11.1 Å². The van der Waals surface area contributed by atoms with E-state index in [4.69, 9.17) is 0 Å². The Kier molecular flexibility index (Phi) is 5.58. The smallest absolute Gasteiger partial charge is 0.308 e. The summed E-state index contributed by atoms with van der Waals surface area (Å²) in [6.45, 7) is 3.77. The molecule has 0 atom stereocenters. The van der Waals surface area contributed by atoms with Crippen molar-refractivity contribution in [3.05, 3.63) is 80.4 Å². The fourth-order valence-corrected chi connectivity index (χ4v) is 6.19. The molecule has 34 heavy (non-hydrogen) atoms. The highest BCUT2D eigenvalue weighted by atomic mass is 32.1. The number of halogens is 1. The number of carbonyl (C=O) groups excluding carboxylic acids is 2. The van der Waals surface area contributed by atoms with Crippen LogP contribution in [-0.2, 0) is 24.2 Å². The molecule has 3 heterocycles. The van der Waals surface area contributed by atoms with E-state index in [9.17, 15) is 19.2 Å². The predicted molar refractivity (Wildman–Crippen MR) is 128 cm³/mol. The number of aromatic nitrogens is 1. The summed E-state index contributed by atoms with van der Waals surface area (Å²) in [7, 11) is 0. The third kappa shape index (κ3) is 3.62. The molecule has 1 fully saturated rings. The summed E-state index contributed by atoms with van der Waals surface area (Å²) in [6, 6.07) is 9.87. The van der Waals surface area contributed by atoms with Crippen molar-refractivity contribution in [3.63, 3.8) is 0 Å². The van der Waals surface area contributed by atoms with E-state index in [1.165, 1.54) is 16.5 Å². The SMILES string of the molecule is Cc1cc(/C=C2/NC(=O)N(Cc3ccccc3F)C2=O)c(C)n1-c1sc2c(c1C#N)CCCC2. The lowest BCUT2D eigenvalue weighted by Crippen LogP contribution is -2.30. The topological polar surface area (TPSA) is 78.1 Å². The number of nitriles is 1. The van der Waals surface area contributed by atoms with Crippen molar-refractivity contribution in [1.82, 2.24) is 14.8 Å². The van der Waals surface area contributed by atoms with E-state index in [0.717, 1.165) is 58.1 Å². The Morgan fingerprint density at radius 2 is 1.97 bits per heavy atom. The van der Waals surface area contributed by atoms with E-state index in [0.29, 0.717) is 0 Å². The van der Waals surface area contributed by atoms with E-state index >= 15 is 0 Å². The minimum Gasteiger partial charge on any atom is -0.308 e. The van der Waals surface area contributed by atoms with Crippen LogP contribution in [0.1, 0.15) is 51.4 Å². The zero-order chi connectivity index (χ0) is 24.0.